The van der Waals surface area contributed by atoms with Crippen LogP contribution < -0.4 is 5.32 Å². The zero-order valence-electron chi connectivity index (χ0n) is 11.6. The molecule has 1 aliphatic rings. The predicted molar refractivity (Wildman–Crippen MR) is 87.5 cm³/mol. The van der Waals surface area contributed by atoms with Crippen molar-refractivity contribution < 1.29 is 14.3 Å². The zero-order chi connectivity index (χ0) is 16.1. The van der Waals surface area contributed by atoms with Gasteiger partial charge in [0.1, 0.15) is 0 Å². The van der Waals surface area contributed by atoms with E-state index >= 15 is 0 Å². The summed E-state index contributed by atoms with van der Waals surface area (Å²) in [6, 6.07) is 2.87. The Kier molecular flexibility index (Phi) is 6.12. The summed E-state index contributed by atoms with van der Waals surface area (Å²) in [7, 11) is 0. The van der Waals surface area contributed by atoms with Crippen LogP contribution in [0.5, 0.6) is 0 Å². The summed E-state index contributed by atoms with van der Waals surface area (Å²) in [5.41, 5.74) is 0.316. The number of esters is 1. The van der Waals surface area contributed by atoms with Crippen molar-refractivity contribution >= 4 is 52.4 Å². The number of rotatable bonds is 5. The SMILES string of the molecule is O=C(COC(=O)C[C@@H]1C=CCC1)Nc1cc(Cl)c(Cl)cc1Cl. The molecule has 0 aliphatic heterocycles. The summed E-state index contributed by atoms with van der Waals surface area (Å²) in [6.45, 7) is -0.369. The Morgan fingerprint density at radius 1 is 1.18 bits per heavy atom. The first kappa shape index (κ1) is 17.1. The first-order valence-corrected chi connectivity index (χ1v) is 7.86. The highest BCUT2D eigenvalue weighted by atomic mass is 35.5. The van der Waals surface area contributed by atoms with Gasteiger partial charge < -0.3 is 10.1 Å². The van der Waals surface area contributed by atoms with E-state index in [1.807, 2.05) is 12.2 Å². The summed E-state index contributed by atoms with van der Waals surface area (Å²) in [5, 5.41) is 3.34. The molecule has 4 nitrogen and oxygen atoms in total. The van der Waals surface area contributed by atoms with Crippen molar-refractivity contribution in [3.8, 4) is 0 Å². The van der Waals surface area contributed by atoms with Crippen molar-refractivity contribution in [2.24, 2.45) is 5.92 Å². The van der Waals surface area contributed by atoms with Gasteiger partial charge in [0.2, 0.25) is 0 Å². The van der Waals surface area contributed by atoms with E-state index in [2.05, 4.69) is 5.32 Å². The molecule has 2 rings (SSSR count). The Labute approximate surface area is 143 Å². The number of carbonyl (C=O) groups is 2. The highest BCUT2D eigenvalue weighted by Crippen LogP contribution is 2.32. The lowest BCUT2D eigenvalue weighted by Gasteiger charge is -2.10. The number of hydrogen-bond acceptors (Lipinski definition) is 3. The molecule has 0 heterocycles. The summed E-state index contributed by atoms with van der Waals surface area (Å²) in [4.78, 5) is 23.4. The van der Waals surface area contributed by atoms with Gasteiger partial charge >= 0.3 is 5.97 Å². The van der Waals surface area contributed by atoms with Crippen molar-refractivity contribution in [3.05, 3.63) is 39.4 Å². The maximum absolute atomic E-state index is 11.8. The summed E-state index contributed by atoms with van der Waals surface area (Å²) >= 11 is 17.6. The number of benzene rings is 1. The number of nitrogens with one attached hydrogen (secondary N) is 1. The van der Waals surface area contributed by atoms with Crippen molar-refractivity contribution in [3.63, 3.8) is 0 Å². The van der Waals surface area contributed by atoms with E-state index in [9.17, 15) is 9.59 Å². The van der Waals surface area contributed by atoms with Crippen LogP contribution in [-0.2, 0) is 14.3 Å². The predicted octanol–water partition coefficient (Wildman–Crippen LogP) is 4.48. The van der Waals surface area contributed by atoms with Gasteiger partial charge in [-0.1, -0.05) is 47.0 Å². The highest BCUT2D eigenvalue weighted by Gasteiger charge is 2.16. The van der Waals surface area contributed by atoms with Crippen LogP contribution in [0.1, 0.15) is 19.3 Å². The Balaban J connectivity index is 1.81. The lowest BCUT2D eigenvalue weighted by Crippen LogP contribution is -2.21. The average Bonchev–Trinajstić information content (AvgIpc) is 2.95. The van der Waals surface area contributed by atoms with Crippen LogP contribution in [0.25, 0.3) is 0 Å². The average molecular weight is 363 g/mol. The first-order chi connectivity index (χ1) is 10.5. The van der Waals surface area contributed by atoms with Gasteiger partial charge in [0.25, 0.3) is 5.91 Å². The molecule has 0 saturated heterocycles. The van der Waals surface area contributed by atoms with Crippen molar-refractivity contribution in [2.45, 2.75) is 19.3 Å². The second-order valence-corrected chi connectivity index (χ2v) is 6.15. The van der Waals surface area contributed by atoms with Gasteiger partial charge in [-0.05, 0) is 30.9 Å². The third kappa shape index (κ3) is 4.90. The molecule has 7 heteroatoms. The molecular formula is C15H14Cl3NO3. The molecule has 22 heavy (non-hydrogen) atoms. The molecular weight excluding hydrogens is 349 g/mol. The Hall–Kier alpha value is -1.23. The number of anilines is 1. The van der Waals surface area contributed by atoms with E-state index in [-0.39, 0.29) is 29.0 Å². The van der Waals surface area contributed by atoms with Gasteiger partial charge in [-0.25, -0.2) is 0 Å². The van der Waals surface area contributed by atoms with E-state index in [1.54, 1.807) is 0 Å². The highest BCUT2D eigenvalue weighted by molar-refractivity contribution is 6.44. The number of amides is 1. The Morgan fingerprint density at radius 3 is 2.59 bits per heavy atom. The van der Waals surface area contributed by atoms with Crippen LogP contribution in [0.2, 0.25) is 15.1 Å². The summed E-state index contributed by atoms with van der Waals surface area (Å²) < 4.78 is 4.94. The Morgan fingerprint density at radius 2 is 1.91 bits per heavy atom. The van der Waals surface area contributed by atoms with E-state index < -0.39 is 11.9 Å². The standard InChI is InChI=1S/C15H14Cl3NO3/c16-10-6-12(18)13(7-11(10)17)19-14(20)8-22-15(21)5-9-3-1-2-4-9/h1,3,6-7,9H,2,4-5,8H2,(H,19,20)/t9-/m1/s1. The van der Waals surface area contributed by atoms with E-state index in [1.165, 1.54) is 12.1 Å². The normalized spacial score (nSPS) is 16.6. The molecule has 0 bridgehead atoms. The van der Waals surface area contributed by atoms with Crippen molar-refractivity contribution in [1.82, 2.24) is 0 Å². The molecule has 0 aromatic heterocycles. The van der Waals surface area contributed by atoms with Crippen LogP contribution in [0.4, 0.5) is 5.69 Å². The maximum Gasteiger partial charge on any atom is 0.306 e. The van der Waals surface area contributed by atoms with Gasteiger partial charge in [0.15, 0.2) is 6.61 Å². The van der Waals surface area contributed by atoms with Crippen LogP contribution >= 0.6 is 34.8 Å². The fourth-order valence-electron chi connectivity index (χ4n) is 2.09. The fourth-order valence-corrected chi connectivity index (χ4v) is 2.68. The maximum atomic E-state index is 11.8. The van der Waals surface area contributed by atoms with E-state index in [0.717, 1.165) is 12.8 Å². The van der Waals surface area contributed by atoms with Gasteiger partial charge in [-0.2, -0.15) is 0 Å². The number of halogens is 3. The number of hydrogen-bond donors (Lipinski definition) is 1. The molecule has 0 radical (unpaired) electrons. The molecule has 0 fully saturated rings. The van der Waals surface area contributed by atoms with E-state index in [4.69, 9.17) is 39.5 Å². The fraction of sp³-hybridized carbons (Fsp3) is 0.333. The smallest absolute Gasteiger partial charge is 0.306 e. The lowest BCUT2D eigenvalue weighted by atomic mass is 10.1. The second kappa shape index (κ2) is 7.86. The molecule has 1 N–H and O–H groups in total. The van der Waals surface area contributed by atoms with E-state index in [0.29, 0.717) is 10.7 Å². The molecule has 0 saturated carbocycles. The number of carbonyl (C=O) groups excluding carboxylic acids is 2. The monoisotopic (exact) mass is 361 g/mol. The molecule has 1 aromatic rings. The summed E-state index contributed by atoms with van der Waals surface area (Å²) in [6.07, 6.45) is 6.25. The molecule has 1 aliphatic carbocycles. The lowest BCUT2D eigenvalue weighted by molar-refractivity contribution is -0.147. The minimum absolute atomic E-state index is 0.208. The molecule has 0 unspecified atom stereocenters. The third-order valence-corrected chi connectivity index (χ3v) is 4.22. The molecule has 1 amide bonds. The van der Waals surface area contributed by atoms with Crippen LogP contribution in [0.15, 0.2) is 24.3 Å². The molecule has 0 spiro atoms. The minimum atomic E-state index is -0.490. The van der Waals surface area contributed by atoms with Gasteiger partial charge in [-0.15, -0.1) is 0 Å². The van der Waals surface area contributed by atoms with Crippen molar-refractivity contribution in [2.75, 3.05) is 11.9 Å². The number of ether oxygens (including phenoxy) is 1. The first-order valence-electron chi connectivity index (χ1n) is 6.72. The molecule has 1 aromatic carbocycles. The van der Waals surface area contributed by atoms with Crippen LogP contribution in [0, 0.1) is 5.92 Å². The van der Waals surface area contributed by atoms with Crippen molar-refractivity contribution in [1.29, 1.82) is 0 Å². The minimum Gasteiger partial charge on any atom is -0.456 e. The topological polar surface area (TPSA) is 55.4 Å². The van der Waals surface area contributed by atoms with Crippen LogP contribution in [-0.4, -0.2) is 18.5 Å². The Bertz CT molecular complexity index is 616. The van der Waals surface area contributed by atoms with Crippen LogP contribution in [0.3, 0.4) is 0 Å². The quantitative estimate of drug-likeness (QED) is 0.477. The van der Waals surface area contributed by atoms with Gasteiger partial charge in [0.05, 0.1) is 27.2 Å². The third-order valence-electron chi connectivity index (χ3n) is 3.19. The van der Waals surface area contributed by atoms with Gasteiger partial charge in [0, 0.05) is 0 Å². The largest absolute Gasteiger partial charge is 0.456 e. The molecule has 1 atom stereocenters. The molecule has 118 valence electrons. The number of allylic oxidation sites excluding steroid dienone is 2. The summed E-state index contributed by atoms with van der Waals surface area (Å²) in [5.74, 6) is -0.678. The van der Waals surface area contributed by atoms with Gasteiger partial charge in [-0.3, -0.25) is 9.59 Å². The second-order valence-electron chi connectivity index (χ2n) is 4.92. The zero-order valence-corrected chi connectivity index (χ0v) is 13.8.